The zero-order valence-electron chi connectivity index (χ0n) is 15.3. The first-order valence-electron chi connectivity index (χ1n) is 9.40. The maximum atomic E-state index is 12.8. The minimum atomic E-state index is 0.0925. The number of rotatable bonds is 3. The maximum Gasteiger partial charge on any atom is 0.253 e. The number of amides is 2. The molecule has 5 nitrogen and oxygen atoms in total. The van der Waals surface area contributed by atoms with Crippen molar-refractivity contribution in [2.75, 3.05) is 26.2 Å². The Morgan fingerprint density at radius 3 is 2.42 bits per heavy atom. The molecule has 0 spiro atoms. The van der Waals surface area contributed by atoms with Crippen LogP contribution in [0, 0.1) is 0 Å². The van der Waals surface area contributed by atoms with Crippen molar-refractivity contribution in [3.8, 4) is 0 Å². The van der Waals surface area contributed by atoms with Gasteiger partial charge in [-0.1, -0.05) is 6.07 Å². The Bertz CT molecular complexity index is 832. The number of hydrogen-bond acceptors (Lipinski definition) is 2. The molecule has 2 heterocycles. The number of benzene rings is 1. The first-order chi connectivity index (χ1) is 12.6. The van der Waals surface area contributed by atoms with E-state index in [0.717, 1.165) is 24.0 Å². The molecule has 1 aliphatic heterocycles. The summed E-state index contributed by atoms with van der Waals surface area (Å²) in [7, 11) is 1.96. The fraction of sp³-hybridized carbons (Fsp3) is 0.429. The Balaban J connectivity index is 1.34. The van der Waals surface area contributed by atoms with Crippen LogP contribution in [0.4, 0.5) is 0 Å². The van der Waals surface area contributed by atoms with Crippen LogP contribution >= 0.6 is 0 Å². The summed E-state index contributed by atoms with van der Waals surface area (Å²) in [5.41, 5.74) is 4.54. The van der Waals surface area contributed by atoms with Crippen LogP contribution in [0.1, 0.15) is 33.5 Å². The van der Waals surface area contributed by atoms with Gasteiger partial charge < -0.3 is 14.4 Å². The maximum absolute atomic E-state index is 12.8. The highest BCUT2D eigenvalue weighted by molar-refractivity contribution is 5.94. The van der Waals surface area contributed by atoms with Crippen molar-refractivity contribution in [1.29, 1.82) is 0 Å². The van der Waals surface area contributed by atoms with Crippen molar-refractivity contribution in [3.63, 3.8) is 0 Å². The van der Waals surface area contributed by atoms with Gasteiger partial charge in [0.25, 0.3) is 5.91 Å². The predicted octanol–water partition coefficient (Wildman–Crippen LogP) is 2.04. The van der Waals surface area contributed by atoms with E-state index in [9.17, 15) is 9.59 Å². The van der Waals surface area contributed by atoms with Crippen molar-refractivity contribution in [2.24, 2.45) is 7.05 Å². The molecule has 2 aromatic rings. The molecule has 0 bridgehead atoms. The summed E-state index contributed by atoms with van der Waals surface area (Å²) in [6.45, 7) is 2.44. The summed E-state index contributed by atoms with van der Waals surface area (Å²) in [4.78, 5) is 29.0. The highest BCUT2D eigenvalue weighted by Crippen LogP contribution is 2.23. The van der Waals surface area contributed by atoms with Crippen LogP contribution < -0.4 is 0 Å². The van der Waals surface area contributed by atoms with E-state index in [-0.39, 0.29) is 11.8 Å². The number of hydrogen-bond donors (Lipinski definition) is 0. The van der Waals surface area contributed by atoms with Gasteiger partial charge in [0, 0.05) is 51.2 Å². The van der Waals surface area contributed by atoms with Gasteiger partial charge in [-0.25, -0.2) is 0 Å². The zero-order valence-corrected chi connectivity index (χ0v) is 15.3. The summed E-state index contributed by atoms with van der Waals surface area (Å²) >= 11 is 0. The van der Waals surface area contributed by atoms with Crippen LogP contribution in [0.25, 0.3) is 0 Å². The first-order valence-corrected chi connectivity index (χ1v) is 9.40. The highest BCUT2D eigenvalue weighted by Gasteiger charge is 2.25. The smallest absolute Gasteiger partial charge is 0.253 e. The number of piperazine rings is 1. The molecular formula is C21H25N3O2. The summed E-state index contributed by atoms with van der Waals surface area (Å²) in [6, 6.07) is 8.11. The van der Waals surface area contributed by atoms with E-state index in [1.807, 2.05) is 45.9 Å². The van der Waals surface area contributed by atoms with Gasteiger partial charge in [0.1, 0.15) is 0 Å². The first kappa shape index (κ1) is 16.9. The van der Waals surface area contributed by atoms with Crippen LogP contribution in [0.3, 0.4) is 0 Å². The van der Waals surface area contributed by atoms with Crippen molar-refractivity contribution in [3.05, 3.63) is 58.9 Å². The third kappa shape index (κ3) is 3.39. The van der Waals surface area contributed by atoms with E-state index < -0.39 is 0 Å². The minimum Gasteiger partial charge on any atom is -0.357 e. The zero-order chi connectivity index (χ0) is 18.1. The minimum absolute atomic E-state index is 0.0925. The lowest BCUT2D eigenvalue weighted by molar-refractivity contribution is -0.131. The molecule has 5 heteroatoms. The molecule has 0 N–H and O–H groups in total. The lowest BCUT2D eigenvalue weighted by Gasteiger charge is -2.35. The molecule has 4 rings (SSSR count). The van der Waals surface area contributed by atoms with Gasteiger partial charge in [-0.2, -0.15) is 0 Å². The summed E-state index contributed by atoms with van der Waals surface area (Å²) < 4.78 is 1.95. The fourth-order valence-corrected chi connectivity index (χ4v) is 4.00. The Morgan fingerprint density at radius 2 is 1.69 bits per heavy atom. The van der Waals surface area contributed by atoms with Gasteiger partial charge in [0.15, 0.2) is 0 Å². The lowest BCUT2D eigenvalue weighted by Crippen LogP contribution is -2.51. The fourth-order valence-electron chi connectivity index (χ4n) is 4.00. The average Bonchev–Trinajstić information content (AvgIpc) is 3.29. The summed E-state index contributed by atoms with van der Waals surface area (Å²) in [5.74, 6) is 0.232. The van der Waals surface area contributed by atoms with Gasteiger partial charge in [0.05, 0.1) is 6.42 Å². The van der Waals surface area contributed by atoms with E-state index in [1.54, 1.807) is 0 Å². The predicted molar refractivity (Wildman–Crippen MR) is 100 cm³/mol. The molecule has 1 aliphatic carbocycles. The van der Waals surface area contributed by atoms with Gasteiger partial charge in [-0.15, -0.1) is 0 Å². The molecule has 0 radical (unpaired) electrons. The van der Waals surface area contributed by atoms with Crippen molar-refractivity contribution in [2.45, 2.75) is 25.7 Å². The SMILES string of the molecule is Cn1ccc(CC(=O)N2CCN(C(=O)c3ccc4c(c3)CCC4)CC2)c1. The number of carbonyl (C=O) groups excluding carboxylic acids is 2. The molecule has 0 atom stereocenters. The molecule has 1 aromatic carbocycles. The quantitative estimate of drug-likeness (QED) is 0.850. The van der Waals surface area contributed by atoms with Crippen LogP contribution in [-0.4, -0.2) is 52.4 Å². The normalized spacial score (nSPS) is 16.7. The summed E-state index contributed by atoms with van der Waals surface area (Å²) in [5, 5.41) is 0. The van der Waals surface area contributed by atoms with E-state index in [2.05, 4.69) is 12.1 Å². The second kappa shape index (κ2) is 6.98. The average molecular weight is 351 g/mol. The third-order valence-electron chi connectivity index (χ3n) is 5.51. The molecule has 2 amide bonds. The number of aryl methyl sites for hydroxylation is 3. The van der Waals surface area contributed by atoms with Crippen molar-refractivity contribution in [1.82, 2.24) is 14.4 Å². The van der Waals surface area contributed by atoms with Crippen LogP contribution in [0.15, 0.2) is 36.7 Å². The van der Waals surface area contributed by atoms with Crippen molar-refractivity contribution >= 4 is 11.8 Å². The van der Waals surface area contributed by atoms with Gasteiger partial charge in [0.2, 0.25) is 5.91 Å². The standard InChI is InChI=1S/C21H25N3O2/c1-22-8-7-16(15-22)13-20(25)23-9-11-24(12-10-23)21(26)19-6-5-17-3-2-4-18(17)14-19/h5-8,14-15H,2-4,9-13H2,1H3. The molecule has 136 valence electrons. The second-order valence-corrected chi connectivity index (χ2v) is 7.37. The highest BCUT2D eigenvalue weighted by atomic mass is 16.2. The Kier molecular flexibility index (Phi) is 4.53. The molecule has 0 saturated carbocycles. The molecule has 2 aliphatic rings. The topological polar surface area (TPSA) is 45.6 Å². The van der Waals surface area contributed by atoms with E-state index in [0.29, 0.717) is 32.6 Å². The number of fused-ring (bicyclic) bond motifs is 1. The summed E-state index contributed by atoms with van der Waals surface area (Å²) in [6.07, 6.45) is 7.76. The van der Waals surface area contributed by atoms with E-state index in [1.165, 1.54) is 17.5 Å². The molecule has 0 unspecified atom stereocenters. The van der Waals surface area contributed by atoms with Crippen LogP contribution in [0.5, 0.6) is 0 Å². The largest absolute Gasteiger partial charge is 0.357 e. The van der Waals surface area contributed by atoms with Gasteiger partial charge in [-0.05, 0) is 54.2 Å². The van der Waals surface area contributed by atoms with Crippen LogP contribution in [-0.2, 0) is 31.1 Å². The Morgan fingerprint density at radius 1 is 0.962 bits per heavy atom. The lowest BCUT2D eigenvalue weighted by atomic mass is 10.1. The van der Waals surface area contributed by atoms with Crippen molar-refractivity contribution < 1.29 is 9.59 Å². The van der Waals surface area contributed by atoms with Gasteiger partial charge >= 0.3 is 0 Å². The molecule has 1 aromatic heterocycles. The third-order valence-corrected chi connectivity index (χ3v) is 5.51. The van der Waals surface area contributed by atoms with Crippen LogP contribution in [0.2, 0.25) is 0 Å². The number of carbonyl (C=O) groups is 2. The van der Waals surface area contributed by atoms with Gasteiger partial charge in [-0.3, -0.25) is 9.59 Å². The Hall–Kier alpha value is -2.56. The second-order valence-electron chi connectivity index (χ2n) is 7.37. The van der Waals surface area contributed by atoms with E-state index in [4.69, 9.17) is 0 Å². The van der Waals surface area contributed by atoms with E-state index >= 15 is 0 Å². The number of nitrogens with zero attached hydrogens (tertiary/aromatic N) is 3. The molecule has 26 heavy (non-hydrogen) atoms. The molecule has 1 saturated heterocycles. The molecular weight excluding hydrogens is 326 g/mol. The molecule has 1 fully saturated rings. The monoisotopic (exact) mass is 351 g/mol. The Labute approximate surface area is 154 Å². The number of aromatic nitrogens is 1.